The molecule has 0 rings (SSSR count). The largest absolute Gasteiger partial charge is 0.557 e. The van der Waals surface area contributed by atoms with Gasteiger partial charge < -0.3 is 17.4 Å². The summed E-state index contributed by atoms with van der Waals surface area (Å²) in [6, 6.07) is 0. The molecule has 1 nitrogen and oxygen atoms in total. The van der Waals surface area contributed by atoms with Crippen LogP contribution < -0.4 is 0 Å². The topological polar surface area (TPSA) is 9.23 Å². The Bertz CT molecular complexity index is 270. The lowest BCUT2D eigenvalue weighted by Crippen LogP contribution is -2.40. The van der Waals surface area contributed by atoms with Gasteiger partial charge in [0, 0.05) is 0 Å². The minimum atomic E-state index is -5.01. The molecule has 0 aromatic carbocycles. The Hall–Kier alpha value is -0.408. The number of rotatable bonds is 2. The van der Waals surface area contributed by atoms with Gasteiger partial charge in [0.05, 0.1) is 6.61 Å². The summed E-state index contributed by atoms with van der Waals surface area (Å²) in [7, 11) is -1.96. The molecule has 0 heterocycles. The molecule has 0 spiro atoms. The molecule has 0 bridgehead atoms. The van der Waals surface area contributed by atoms with Crippen LogP contribution >= 0.6 is 0 Å². The molecular weight excluding hydrogens is 220 g/mol. The van der Waals surface area contributed by atoms with Crippen molar-refractivity contribution in [1.82, 2.24) is 0 Å². The number of hydrogen-bond donors (Lipinski definition) is 0. The smallest absolute Gasteiger partial charge is 0.438 e. The molecular formula is C9H17BF3OSi-. The van der Waals surface area contributed by atoms with Crippen molar-refractivity contribution in [3.8, 4) is 11.7 Å². The Kier molecular flexibility index (Phi) is 4.50. The lowest BCUT2D eigenvalue weighted by atomic mass is 9.94. The van der Waals surface area contributed by atoms with E-state index in [0.717, 1.165) is 0 Å². The van der Waals surface area contributed by atoms with Crippen molar-refractivity contribution in [1.29, 1.82) is 0 Å². The average Bonchev–Trinajstić information content (AvgIpc) is 1.94. The Morgan fingerprint density at radius 2 is 1.67 bits per heavy atom. The summed E-state index contributed by atoms with van der Waals surface area (Å²) in [5, 5.41) is -0.00193. The van der Waals surface area contributed by atoms with Crippen molar-refractivity contribution < 1.29 is 17.4 Å². The predicted octanol–water partition coefficient (Wildman–Crippen LogP) is 3.40. The summed E-state index contributed by atoms with van der Waals surface area (Å²) < 4.78 is 40.7. The molecule has 0 radical (unpaired) electrons. The third-order valence-electron chi connectivity index (χ3n) is 2.58. The first-order chi connectivity index (χ1) is 6.46. The Balaban J connectivity index is 4.23. The van der Waals surface area contributed by atoms with Crippen LogP contribution in [0.25, 0.3) is 0 Å². The fraction of sp³-hybridized carbons (Fsp3) is 0.778. The van der Waals surface area contributed by atoms with Gasteiger partial charge in [0.1, 0.15) is 0 Å². The SMILES string of the molecule is CC(C)(C)[Si](C)(C)OCC#C[B-](F)(F)F. The number of halogens is 3. The van der Waals surface area contributed by atoms with E-state index in [-0.39, 0.29) is 11.6 Å². The van der Waals surface area contributed by atoms with E-state index in [1.807, 2.05) is 39.8 Å². The zero-order valence-electron chi connectivity index (χ0n) is 9.83. The van der Waals surface area contributed by atoms with E-state index < -0.39 is 15.3 Å². The first-order valence-electron chi connectivity index (χ1n) is 4.79. The lowest BCUT2D eigenvalue weighted by Gasteiger charge is -2.35. The van der Waals surface area contributed by atoms with Crippen molar-refractivity contribution in [2.75, 3.05) is 6.61 Å². The molecule has 6 heteroatoms. The molecule has 0 aliphatic rings. The predicted molar refractivity (Wildman–Crippen MR) is 60.0 cm³/mol. The van der Waals surface area contributed by atoms with Crippen LogP contribution in [0.5, 0.6) is 0 Å². The molecule has 0 aliphatic heterocycles. The second-order valence-corrected chi connectivity index (χ2v) is 9.75. The van der Waals surface area contributed by atoms with Gasteiger partial charge in [-0.1, -0.05) is 20.8 Å². The number of hydrogen-bond acceptors (Lipinski definition) is 1. The minimum absolute atomic E-state index is 0.00193. The van der Waals surface area contributed by atoms with Gasteiger partial charge in [-0.3, -0.25) is 0 Å². The normalized spacial score (nSPS) is 13.3. The fourth-order valence-electron chi connectivity index (χ4n) is 0.590. The highest BCUT2D eigenvalue weighted by Gasteiger charge is 2.36. The van der Waals surface area contributed by atoms with Crippen LogP contribution in [-0.4, -0.2) is 21.9 Å². The van der Waals surface area contributed by atoms with Gasteiger partial charge in [-0.05, 0) is 18.1 Å². The zero-order valence-corrected chi connectivity index (χ0v) is 10.8. The van der Waals surface area contributed by atoms with E-state index in [2.05, 4.69) is 0 Å². The first-order valence-corrected chi connectivity index (χ1v) is 7.70. The zero-order chi connectivity index (χ0) is 12.3. The van der Waals surface area contributed by atoms with Crippen LogP contribution in [0.3, 0.4) is 0 Å². The van der Waals surface area contributed by atoms with Gasteiger partial charge in [0.25, 0.3) is 0 Å². The summed E-state index contributed by atoms with van der Waals surface area (Å²) in [5.41, 5.74) is 0. The Morgan fingerprint density at radius 1 is 1.20 bits per heavy atom. The fourth-order valence-corrected chi connectivity index (χ4v) is 1.46. The van der Waals surface area contributed by atoms with Crippen molar-refractivity contribution in [3.63, 3.8) is 0 Å². The van der Waals surface area contributed by atoms with Crippen molar-refractivity contribution in [2.45, 2.75) is 38.9 Å². The quantitative estimate of drug-likeness (QED) is 0.528. The first kappa shape index (κ1) is 14.6. The molecule has 0 saturated carbocycles. The molecule has 0 amide bonds. The molecule has 0 aliphatic carbocycles. The molecule has 0 aromatic heterocycles. The highest BCUT2D eigenvalue weighted by molar-refractivity contribution is 6.74. The van der Waals surface area contributed by atoms with E-state index in [4.69, 9.17) is 4.43 Å². The van der Waals surface area contributed by atoms with Gasteiger partial charge in [0.2, 0.25) is 0 Å². The molecule has 0 aromatic rings. The second-order valence-electron chi connectivity index (χ2n) is 4.94. The highest BCUT2D eigenvalue weighted by atomic mass is 28.4. The lowest BCUT2D eigenvalue weighted by molar-refractivity contribution is 0.334. The van der Waals surface area contributed by atoms with E-state index >= 15 is 0 Å². The second kappa shape index (κ2) is 4.62. The summed E-state index contributed by atoms with van der Waals surface area (Å²) in [6.07, 6.45) is 0. The Labute approximate surface area is 90.6 Å². The Morgan fingerprint density at radius 3 is 2.00 bits per heavy atom. The van der Waals surface area contributed by atoms with E-state index in [9.17, 15) is 12.9 Å². The molecule has 88 valence electrons. The van der Waals surface area contributed by atoms with Crippen molar-refractivity contribution in [3.05, 3.63) is 0 Å². The van der Waals surface area contributed by atoms with Crippen molar-refractivity contribution >= 4 is 15.3 Å². The third kappa shape index (κ3) is 5.90. The van der Waals surface area contributed by atoms with Crippen LogP contribution in [0.4, 0.5) is 12.9 Å². The van der Waals surface area contributed by atoms with Gasteiger partial charge in [0.15, 0.2) is 8.32 Å². The van der Waals surface area contributed by atoms with Gasteiger partial charge in [-0.25, -0.2) is 5.82 Å². The van der Waals surface area contributed by atoms with E-state index in [1.165, 1.54) is 5.82 Å². The molecule has 15 heavy (non-hydrogen) atoms. The molecule has 0 N–H and O–H groups in total. The standard InChI is InChI=1S/C9H17BF3OSi/c1-9(2,3)15(4,5)14-8-6-7-10(11,12)13/h8H2,1-5H3/q-1. The maximum Gasteiger partial charge on any atom is 0.557 e. The van der Waals surface area contributed by atoms with E-state index in [0.29, 0.717) is 0 Å². The summed E-state index contributed by atoms with van der Waals surface area (Å²) in [6.45, 7) is 4.91. The van der Waals surface area contributed by atoms with Gasteiger partial charge in [-0.2, -0.15) is 0 Å². The summed E-state index contributed by atoms with van der Waals surface area (Å²) >= 11 is 0. The van der Waals surface area contributed by atoms with E-state index in [1.54, 1.807) is 0 Å². The highest BCUT2D eigenvalue weighted by Crippen LogP contribution is 2.36. The van der Waals surface area contributed by atoms with Crippen molar-refractivity contribution in [2.24, 2.45) is 0 Å². The van der Waals surface area contributed by atoms with Crippen LogP contribution in [0, 0.1) is 11.7 Å². The van der Waals surface area contributed by atoms with Crippen LogP contribution in [0.15, 0.2) is 0 Å². The maximum atomic E-state index is 11.8. The van der Waals surface area contributed by atoms with Crippen LogP contribution in [-0.2, 0) is 4.43 Å². The van der Waals surface area contributed by atoms with Crippen LogP contribution in [0.1, 0.15) is 20.8 Å². The molecule has 0 atom stereocenters. The minimum Gasteiger partial charge on any atom is -0.438 e. The van der Waals surface area contributed by atoms with Gasteiger partial charge in [-0.15, -0.1) is 5.92 Å². The van der Waals surface area contributed by atoms with Gasteiger partial charge >= 0.3 is 6.98 Å². The molecule has 0 unspecified atom stereocenters. The maximum absolute atomic E-state index is 11.8. The molecule has 0 saturated heterocycles. The molecule has 0 fully saturated rings. The third-order valence-corrected chi connectivity index (χ3v) is 7.06. The summed E-state index contributed by atoms with van der Waals surface area (Å²) in [5.74, 6) is 3.27. The van der Waals surface area contributed by atoms with Crippen LogP contribution in [0.2, 0.25) is 18.1 Å². The summed E-state index contributed by atoms with van der Waals surface area (Å²) in [4.78, 5) is 0. The monoisotopic (exact) mass is 237 g/mol. The average molecular weight is 237 g/mol.